The lowest BCUT2D eigenvalue weighted by Crippen LogP contribution is -2.14. The quantitative estimate of drug-likeness (QED) is 0.463. The van der Waals surface area contributed by atoms with Crippen molar-refractivity contribution < 1.29 is 22.9 Å². The zero-order valence-corrected chi connectivity index (χ0v) is 9.43. The van der Waals surface area contributed by atoms with E-state index in [1.54, 1.807) is 0 Å². The molecule has 0 radical (unpaired) electrons. The summed E-state index contributed by atoms with van der Waals surface area (Å²) in [6.07, 6.45) is 0.279. The molecule has 0 aliphatic rings. The summed E-state index contributed by atoms with van der Waals surface area (Å²) in [6, 6.07) is 1.81. The third kappa shape index (κ3) is 2.57. The van der Waals surface area contributed by atoms with Gasteiger partial charge in [-0.1, -0.05) is 0 Å². The molecule has 1 aromatic carbocycles. The normalized spacial score (nSPS) is 10.9. The molecule has 17 heavy (non-hydrogen) atoms. The molecule has 92 valence electrons. The topological polar surface area (TPSA) is 130 Å². The third-order valence-electron chi connectivity index (χ3n) is 1.90. The molecule has 9 heteroatoms. The Kier molecular flexibility index (Phi) is 3.44. The van der Waals surface area contributed by atoms with Gasteiger partial charge in [-0.05, 0) is 6.07 Å². The van der Waals surface area contributed by atoms with Gasteiger partial charge in [-0.3, -0.25) is 14.9 Å². The van der Waals surface area contributed by atoms with Crippen LogP contribution in [0.3, 0.4) is 0 Å². The summed E-state index contributed by atoms with van der Waals surface area (Å²) in [4.78, 5) is 19.8. The average Bonchev–Trinajstić information content (AvgIpc) is 2.25. The number of rotatable bonds is 4. The van der Waals surface area contributed by atoms with Gasteiger partial charge in [0.25, 0.3) is 0 Å². The molecule has 0 saturated heterocycles. The summed E-state index contributed by atoms with van der Waals surface area (Å²) in [5.74, 6) is -0.497. The minimum Gasteiger partial charge on any atom is -0.489 e. The van der Waals surface area contributed by atoms with E-state index in [1.165, 1.54) is 0 Å². The summed E-state index contributed by atoms with van der Waals surface area (Å²) in [7, 11) is -3.16. The van der Waals surface area contributed by atoms with Crippen molar-refractivity contribution in [3.05, 3.63) is 27.8 Å². The molecule has 0 bridgehead atoms. The van der Waals surface area contributed by atoms with Crippen LogP contribution in [0.4, 0.5) is 5.69 Å². The number of ether oxygens (including phenoxy) is 1. The van der Waals surface area contributed by atoms with Crippen LogP contribution in [0.15, 0.2) is 17.0 Å². The van der Waals surface area contributed by atoms with Crippen LogP contribution in [0, 0.1) is 10.1 Å². The van der Waals surface area contributed by atoms with Crippen molar-refractivity contribution in [1.29, 1.82) is 0 Å². The average molecular weight is 260 g/mol. The predicted octanol–water partition coefficient (Wildman–Crippen LogP) is 0.0633. The largest absolute Gasteiger partial charge is 0.489 e. The fourth-order valence-corrected chi connectivity index (χ4v) is 1.98. The number of sulfonamides is 1. The molecule has 0 aliphatic carbocycles. The number of nitro groups is 1. The van der Waals surface area contributed by atoms with Gasteiger partial charge < -0.3 is 4.74 Å². The molecular formula is C8H8N2O6S. The lowest BCUT2D eigenvalue weighted by Gasteiger charge is -2.07. The Morgan fingerprint density at radius 3 is 2.41 bits per heavy atom. The van der Waals surface area contributed by atoms with Crippen LogP contribution in [-0.2, 0) is 10.0 Å². The van der Waals surface area contributed by atoms with Gasteiger partial charge in [-0.2, -0.15) is 0 Å². The second kappa shape index (κ2) is 4.47. The first-order chi connectivity index (χ1) is 7.81. The molecule has 0 unspecified atom stereocenters. The highest BCUT2D eigenvalue weighted by Gasteiger charge is 2.26. The number of methoxy groups -OCH3 is 1. The van der Waals surface area contributed by atoms with E-state index in [2.05, 4.69) is 4.74 Å². The molecule has 0 atom stereocenters. The highest BCUT2D eigenvalue weighted by Crippen LogP contribution is 2.34. The number of primary sulfonamides is 1. The Bertz CT molecular complexity index is 580. The first kappa shape index (κ1) is 13.1. The number of nitro benzene ring substituents is 1. The van der Waals surface area contributed by atoms with Gasteiger partial charge in [0.15, 0.2) is 0 Å². The Labute approximate surface area is 96.2 Å². The molecule has 0 amide bonds. The molecule has 1 aromatic rings. The molecule has 8 nitrogen and oxygen atoms in total. The third-order valence-corrected chi connectivity index (χ3v) is 2.82. The smallest absolute Gasteiger partial charge is 0.313 e. The Balaban J connectivity index is 3.75. The standard InChI is InChI=1S/C8H8N2O6S/c1-16-8-6(10(12)13)2-5(4-11)3-7(8)17(9,14)15/h2-4H,1H3,(H2,9,14,15). The van der Waals surface area contributed by atoms with Crippen LogP contribution in [0.2, 0.25) is 0 Å². The summed E-state index contributed by atoms with van der Waals surface area (Å²) >= 11 is 0. The van der Waals surface area contributed by atoms with Gasteiger partial charge in [0.2, 0.25) is 15.8 Å². The van der Waals surface area contributed by atoms with Crippen molar-refractivity contribution in [2.24, 2.45) is 5.14 Å². The fraction of sp³-hybridized carbons (Fsp3) is 0.125. The Morgan fingerprint density at radius 1 is 1.47 bits per heavy atom. The summed E-state index contributed by atoms with van der Waals surface area (Å²) in [5.41, 5.74) is -0.817. The van der Waals surface area contributed by atoms with Gasteiger partial charge in [-0.15, -0.1) is 0 Å². The van der Waals surface area contributed by atoms with Gasteiger partial charge in [0, 0.05) is 11.6 Å². The van der Waals surface area contributed by atoms with E-state index in [1.807, 2.05) is 0 Å². The number of hydrogen-bond acceptors (Lipinski definition) is 6. The SMILES string of the molecule is COc1c([N+](=O)[O-])cc(C=O)cc1S(N)(=O)=O. The summed E-state index contributed by atoms with van der Waals surface area (Å²) < 4.78 is 27.1. The molecular weight excluding hydrogens is 252 g/mol. The number of carbonyl (C=O) groups is 1. The molecule has 0 fully saturated rings. The molecule has 0 aliphatic heterocycles. The number of carbonyl (C=O) groups excluding carboxylic acids is 1. The maximum Gasteiger partial charge on any atom is 0.313 e. The van der Waals surface area contributed by atoms with E-state index in [9.17, 15) is 23.3 Å². The number of benzene rings is 1. The van der Waals surface area contributed by atoms with E-state index < -0.39 is 31.3 Å². The van der Waals surface area contributed by atoms with E-state index in [4.69, 9.17) is 5.14 Å². The molecule has 0 spiro atoms. The number of nitrogens with two attached hydrogens (primary N) is 1. The zero-order chi connectivity index (χ0) is 13.2. The van der Waals surface area contributed by atoms with Gasteiger partial charge in [0.1, 0.15) is 11.2 Å². The van der Waals surface area contributed by atoms with Crippen molar-refractivity contribution in [3.8, 4) is 5.75 Å². The molecule has 0 heterocycles. The second-order valence-corrected chi connectivity index (χ2v) is 4.52. The molecule has 0 aromatic heterocycles. The van der Waals surface area contributed by atoms with Crippen molar-refractivity contribution >= 4 is 22.0 Å². The first-order valence-electron chi connectivity index (χ1n) is 4.15. The number of hydrogen-bond donors (Lipinski definition) is 1. The summed E-state index contributed by atoms with van der Waals surface area (Å²) in [6.45, 7) is 0. The molecule has 1 rings (SSSR count). The van der Waals surface area contributed by atoms with Crippen LogP contribution in [0.5, 0.6) is 5.75 Å². The molecule has 0 saturated carbocycles. The van der Waals surface area contributed by atoms with E-state index >= 15 is 0 Å². The van der Waals surface area contributed by atoms with Gasteiger partial charge in [0.05, 0.1) is 12.0 Å². The van der Waals surface area contributed by atoms with E-state index in [0.717, 1.165) is 19.2 Å². The second-order valence-electron chi connectivity index (χ2n) is 2.99. The van der Waals surface area contributed by atoms with E-state index in [-0.39, 0.29) is 11.8 Å². The van der Waals surface area contributed by atoms with Crippen LogP contribution in [0.25, 0.3) is 0 Å². The Hall–Kier alpha value is -2.00. The Morgan fingerprint density at radius 2 is 2.06 bits per heavy atom. The van der Waals surface area contributed by atoms with Crippen LogP contribution in [-0.4, -0.2) is 26.7 Å². The highest BCUT2D eigenvalue weighted by atomic mass is 32.2. The first-order valence-corrected chi connectivity index (χ1v) is 5.70. The summed E-state index contributed by atoms with van der Waals surface area (Å²) in [5, 5.41) is 15.6. The minimum atomic E-state index is -4.22. The monoisotopic (exact) mass is 260 g/mol. The van der Waals surface area contributed by atoms with Crippen LogP contribution < -0.4 is 9.88 Å². The maximum absolute atomic E-state index is 11.2. The number of aldehydes is 1. The van der Waals surface area contributed by atoms with Crippen molar-refractivity contribution in [1.82, 2.24) is 0 Å². The highest BCUT2D eigenvalue weighted by molar-refractivity contribution is 7.89. The lowest BCUT2D eigenvalue weighted by atomic mass is 10.2. The van der Waals surface area contributed by atoms with E-state index in [0.29, 0.717) is 0 Å². The zero-order valence-electron chi connectivity index (χ0n) is 8.61. The molecule has 2 N–H and O–H groups in total. The van der Waals surface area contributed by atoms with Crippen LogP contribution >= 0.6 is 0 Å². The van der Waals surface area contributed by atoms with Crippen molar-refractivity contribution in [3.63, 3.8) is 0 Å². The minimum absolute atomic E-state index is 0.179. The fourth-order valence-electron chi connectivity index (χ4n) is 1.23. The van der Waals surface area contributed by atoms with Gasteiger partial charge >= 0.3 is 5.69 Å². The van der Waals surface area contributed by atoms with Crippen molar-refractivity contribution in [2.45, 2.75) is 4.90 Å². The van der Waals surface area contributed by atoms with Crippen molar-refractivity contribution in [2.75, 3.05) is 7.11 Å². The predicted molar refractivity (Wildman–Crippen MR) is 56.4 cm³/mol. The number of nitrogens with zero attached hydrogens (tertiary/aromatic N) is 1. The van der Waals surface area contributed by atoms with Gasteiger partial charge in [-0.25, -0.2) is 13.6 Å². The lowest BCUT2D eigenvalue weighted by molar-refractivity contribution is -0.386. The maximum atomic E-state index is 11.2. The van der Waals surface area contributed by atoms with Crippen LogP contribution in [0.1, 0.15) is 10.4 Å².